The lowest BCUT2D eigenvalue weighted by Crippen LogP contribution is -2.00. The molecule has 0 aliphatic carbocycles. The van der Waals surface area contributed by atoms with E-state index < -0.39 is 0 Å². The van der Waals surface area contributed by atoms with Crippen LogP contribution >= 0.6 is 12.6 Å². The summed E-state index contributed by atoms with van der Waals surface area (Å²) in [6, 6.07) is 0. The molecule has 1 aliphatic heterocycles. The average molecular weight is 134 g/mol. The molecule has 8 heavy (non-hydrogen) atoms. The van der Waals surface area contributed by atoms with E-state index in [0.29, 0.717) is 0 Å². The van der Waals surface area contributed by atoms with Gasteiger partial charge in [-0.3, -0.25) is 0 Å². The predicted molar refractivity (Wildman–Crippen MR) is 34.0 cm³/mol. The van der Waals surface area contributed by atoms with Crippen molar-refractivity contribution < 1.29 is 9.84 Å². The number of ether oxygens (including phenoxy) is 1. The number of rotatable bonds is 3. The fourth-order valence-corrected chi connectivity index (χ4v) is 0.806. The lowest BCUT2D eigenvalue weighted by molar-refractivity contribution is 0.269. The molecule has 1 aliphatic rings. The number of aliphatic hydroxyl groups excluding tert-OH is 1. The molecule has 1 unspecified atom stereocenters. The Labute approximate surface area is 54.3 Å². The molecule has 0 amide bonds. The van der Waals surface area contributed by atoms with Crippen LogP contribution in [-0.2, 0) is 4.74 Å². The number of thiol groups is 1. The third kappa shape index (κ3) is 1.65. The summed E-state index contributed by atoms with van der Waals surface area (Å²) >= 11 is 4.17. The smallest absolute Gasteiger partial charge is 0.134 e. The number of hydrogen-bond acceptors (Lipinski definition) is 3. The zero-order valence-corrected chi connectivity index (χ0v) is 5.53. The fraction of sp³-hybridized carbons (Fsp3) is 1.00. The molecule has 0 aromatic carbocycles. The standard InChI is InChI=1S/C5H10O2S/c6-3-1-2-5(8)4-7-5/h6,8H,1-4H2. The van der Waals surface area contributed by atoms with Crippen molar-refractivity contribution in [2.75, 3.05) is 13.2 Å². The Morgan fingerprint density at radius 1 is 1.75 bits per heavy atom. The van der Waals surface area contributed by atoms with Crippen LogP contribution in [0, 0.1) is 0 Å². The van der Waals surface area contributed by atoms with Gasteiger partial charge in [-0.25, -0.2) is 0 Å². The van der Waals surface area contributed by atoms with Crippen LogP contribution < -0.4 is 0 Å². The van der Waals surface area contributed by atoms with Crippen LogP contribution in [0.5, 0.6) is 0 Å². The minimum atomic E-state index is -0.164. The lowest BCUT2D eigenvalue weighted by Gasteiger charge is -1.98. The Balaban J connectivity index is 2.01. The SMILES string of the molecule is OCCCC1(S)CO1. The summed E-state index contributed by atoms with van der Waals surface area (Å²) in [6.07, 6.45) is 1.66. The van der Waals surface area contributed by atoms with Crippen LogP contribution in [0.1, 0.15) is 12.8 Å². The minimum Gasteiger partial charge on any atom is -0.396 e. The van der Waals surface area contributed by atoms with Crippen molar-refractivity contribution in [2.45, 2.75) is 17.8 Å². The van der Waals surface area contributed by atoms with Gasteiger partial charge in [-0.1, -0.05) is 0 Å². The van der Waals surface area contributed by atoms with E-state index in [1.54, 1.807) is 0 Å². The van der Waals surface area contributed by atoms with Gasteiger partial charge in [0.05, 0.1) is 6.61 Å². The zero-order valence-electron chi connectivity index (χ0n) is 4.63. The van der Waals surface area contributed by atoms with Gasteiger partial charge in [0.2, 0.25) is 0 Å². The molecule has 1 N–H and O–H groups in total. The Bertz CT molecular complexity index is 80.5. The Morgan fingerprint density at radius 2 is 2.38 bits per heavy atom. The maximum Gasteiger partial charge on any atom is 0.134 e. The maximum absolute atomic E-state index is 8.37. The van der Waals surface area contributed by atoms with Crippen molar-refractivity contribution >= 4 is 12.6 Å². The molecule has 1 rings (SSSR count). The van der Waals surface area contributed by atoms with Gasteiger partial charge in [-0.2, -0.15) is 0 Å². The van der Waals surface area contributed by atoms with E-state index in [0.717, 1.165) is 19.4 Å². The molecule has 0 spiro atoms. The van der Waals surface area contributed by atoms with Crippen molar-refractivity contribution in [1.82, 2.24) is 0 Å². The van der Waals surface area contributed by atoms with Crippen molar-refractivity contribution in [2.24, 2.45) is 0 Å². The van der Waals surface area contributed by atoms with Crippen molar-refractivity contribution in [1.29, 1.82) is 0 Å². The van der Waals surface area contributed by atoms with Gasteiger partial charge in [0, 0.05) is 6.61 Å². The second-order valence-corrected chi connectivity index (χ2v) is 2.88. The molecule has 0 aromatic rings. The van der Waals surface area contributed by atoms with E-state index in [4.69, 9.17) is 9.84 Å². The van der Waals surface area contributed by atoms with Gasteiger partial charge in [0.15, 0.2) is 0 Å². The monoisotopic (exact) mass is 134 g/mol. The predicted octanol–water partition coefficient (Wildman–Crippen LogP) is 0.415. The molecular weight excluding hydrogens is 124 g/mol. The molecule has 0 radical (unpaired) electrons. The lowest BCUT2D eigenvalue weighted by atomic mass is 10.2. The maximum atomic E-state index is 8.37. The van der Waals surface area contributed by atoms with Gasteiger partial charge in [-0.05, 0) is 12.8 Å². The molecular formula is C5H10O2S. The molecule has 48 valence electrons. The molecule has 0 saturated carbocycles. The van der Waals surface area contributed by atoms with E-state index >= 15 is 0 Å². The summed E-state index contributed by atoms with van der Waals surface area (Å²) in [4.78, 5) is -0.164. The van der Waals surface area contributed by atoms with Gasteiger partial charge in [-0.15, -0.1) is 12.6 Å². The number of aliphatic hydroxyl groups is 1. The van der Waals surface area contributed by atoms with Crippen molar-refractivity contribution in [3.8, 4) is 0 Å². The number of hydrogen-bond donors (Lipinski definition) is 2. The van der Waals surface area contributed by atoms with E-state index in [1.165, 1.54) is 0 Å². The topological polar surface area (TPSA) is 32.8 Å². The summed E-state index contributed by atoms with van der Waals surface area (Å²) in [6.45, 7) is 0.988. The molecule has 0 bridgehead atoms. The van der Waals surface area contributed by atoms with Crippen LogP contribution in [0.4, 0.5) is 0 Å². The first kappa shape index (κ1) is 6.39. The molecule has 1 fully saturated rings. The summed E-state index contributed by atoms with van der Waals surface area (Å²) in [7, 11) is 0. The van der Waals surface area contributed by atoms with Crippen LogP contribution in [-0.4, -0.2) is 23.3 Å². The quantitative estimate of drug-likeness (QED) is 0.433. The summed E-state index contributed by atoms with van der Waals surface area (Å²) in [5, 5.41) is 8.37. The van der Waals surface area contributed by atoms with Gasteiger partial charge in [0.1, 0.15) is 4.93 Å². The van der Waals surface area contributed by atoms with Gasteiger partial charge >= 0.3 is 0 Å². The highest BCUT2D eigenvalue weighted by molar-refractivity contribution is 7.81. The Hall–Kier alpha value is 0.270. The molecule has 0 aromatic heterocycles. The van der Waals surface area contributed by atoms with Crippen molar-refractivity contribution in [3.63, 3.8) is 0 Å². The van der Waals surface area contributed by atoms with E-state index in [-0.39, 0.29) is 11.5 Å². The van der Waals surface area contributed by atoms with Crippen molar-refractivity contribution in [3.05, 3.63) is 0 Å². The molecule has 2 nitrogen and oxygen atoms in total. The first-order valence-electron chi connectivity index (χ1n) is 2.74. The molecule has 1 atom stereocenters. The third-order valence-electron chi connectivity index (χ3n) is 1.20. The third-order valence-corrected chi connectivity index (χ3v) is 1.68. The van der Waals surface area contributed by atoms with E-state index in [1.807, 2.05) is 0 Å². The Kier molecular flexibility index (Phi) is 1.80. The van der Waals surface area contributed by atoms with Crippen LogP contribution in [0.3, 0.4) is 0 Å². The van der Waals surface area contributed by atoms with Crippen LogP contribution in [0.25, 0.3) is 0 Å². The van der Waals surface area contributed by atoms with Crippen LogP contribution in [0.2, 0.25) is 0 Å². The first-order valence-corrected chi connectivity index (χ1v) is 3.19. The molecule has 1 heterocycles. The normalized spacial score (nSPS) is 35.2. The fourth-order valence-electron chi connectivity index (χ4n) is 0.583. The largest absolute Gasteiger partial charge is 0.396 e. The second kappa shape index (κ2) is 2.25. The highest BCUT2D eigenvalue weighted by atomic mass is 32.1. The molecule has 3 heteroatoms. The first-order chi connectivity index (χ1) is 3.77. The summed E-state index contributed by atoms with van der Waals surface area (Å²) in [5.74, 6) is 0. The highest BCUT2D eigenvalue weighted by Gasteiger charge is 2.39. The average Bonchev–Trinajstić information content (AvgIpc) is 2.45. The second-order valence-electron chi connectivity index (χ2n) is 2.06. The summed E-state index contributed by atoms with van der Waals surface area (Å²) in [5.41, 5.74) is 0. The highest BCUT2D eigenvalue weighted by Crippen LogP contribution is 2.35. The number of epoxide rings is 1. The minimum absolute atomic E-state index is 0.164. The van der Waals surface area contributed by atoms with E-state index in [2.05, 4.69) is 12.6 Å². The van der Waals surface area contributed by atoms with E-state index in [9.17, 15) is 0 Å². The van der Waals surface area contributed by atoms with Gasteiger partial charge < -0.3 is 9.84 Å². The Morgan fingerprint density at radius 3 is 2.75 bits per heavy atom. The summed E-state index contributed by atoms with van der Waals surface area (Å²) < 4.78 is 4.95. The zero-order chi connectivity index (χ0) is 6.04. The van der Waals surface area contributed by atoms with Gasteiger partial charge in [0.25, 0.3) is 0 Å². The molecule has 1 saturated heterocycles. The van der Waals surface area contributed by atoms with Crippen LogP contribution in [0.15, 0.2) is 0 Å².